The molecule has 0 bridgehead atoms. The van der Waals surface area contributed by atoms with Crippen LogP contribution in [0.3, 0.4) is 0 Å². The van der Waals surface area contributed by atoms with E-state index >= 15 is 0 Å². The molecule has 0 spiro atoms. The Morgan fingerprint density at radius 1 is 1.29 bits per heavy atom. The van der Waals surface area contributed by atoms with E-state index in [2.05, 4.69) is 51.2 Å². The first kappa shape index (κ1) is 12.5. The SMILES string of the molecule is Cc1ccc(NC2=NC(C(C)C)CS2)cc1C. The highest BCUT2D eigenvalue weighted by Gasteiger charge is 2.20. The summed E-state index contributed by atoms with van der Waals surface area (Å²) >= 11 is 1.82. The number of hydrogen-bond donors (Lipinski definition) is 1. The number of rotatable bonds is 2. The average Bonchev–Trinajstić information content (AvgIpc) is 2.72. The molecule has 92 valence electrons. The Labute approximate surface area is 108 Å². The molecule has 1 aliphatic heterocycles. The van der Waals surface area contributed by atoms with Gasteiger partial charge >= 0.3 is 0 Å². The van der Waals surface area contributed by atoms with Crippen LogP contribution < -0.4 is 5.32 Å². The van der Waals surface area contributed by atoms with Gasteiger partial charge in [0.2, 0.25) is 0 Å². The van der Waals surface area contributed by atoms with Crippen molar-refractivity contribution in [1.29, 1.82) is 0 Å². The van der Waals surface area contributed by atoms with Crippen LogP contribution in [0.4, 0.5) is 5.69 Å². The molecular formula is C14H20N2S. The summed E-state index contributed by atoms with van der Waals surface area (Å²) in [5.74, 6) is 1.73. The molecule has 1 aliphatic rings. The van der Waals surface area contributed by atoms with Crippen molar-refractivity contribution in [3.63, 3.8) is 0 Å². The van der Waals surface area contributed by atoms with Gasteiger partial charge < -0.3 is 5.32 Å². The van der Waals surface area contributed by atoms with E-state index < -0.39 is 0 Å². The smallest absolute Gasteiger partial charge is 0.161 e. The molecule has 0 radical (unpaired) electrons. The van der Waals surface area contributed by atoms with Gasteiger partial charge in [0.05, 0.1) is 6.04 Å². The Bertz CT molecular complexity index is 438. The van der Waals surface area contributed by atoms with Gasteiger partial charge in [0.25, 0.3) is 0 Å². The first-order valence-corrected chi connectivity index (χ1v) is 7.09. The van der Waals surface area contributed by atoms with Crippen molar-refractivity contribution in [2.45, 2.75) is 33.7 Å². The highest BCUT2D eigenvalue weighted by atomic mass is 32.2. The van der Waals surface area contributed by atoms with Crippen molar-refractivity contribution in [3.05, 3.63) is 29.3 Å². The zero-order valence-corrected chi connectivity index (χ0v) is 11.8. The van der Waals surface area contributed by atoms with Gasteiger partial charge in [-0.3, -0.25) is 4.99 Å². The lowest BCUT2D eigenvalue weighted by atomic mass is 10.1. The summed E-state index contributed by atoms with van der Waals surface area (Å²) in [6, 6.07) is 6.92. The largest absolute Gasteiger partial charge is 0.335 e. The molecule has 0 fully saturated rings. The molecule has 1 aromatic carbocycles. The standard InChI is InChI=1S/C14H20N2S/c1-9(2)13-8-17-14(16-13)15-12-6-5-10(3)11(4)7-12/h5-7,9,13H,8H2,1-4H3,(H,15,16). The molecule has 3 heteroatoms. The molecule has 0 saturated heterocycles. The summed E-state index contributed by atoms with van der Waals surface area (Å²) < 4.78 is 0. The van der Waals surface area contributed by atoms with E-state index in [-0.39, 0.29) is 0 Å². The van der Waals surface area contributed by atoms with E-state index in [1.165, 1.54) is 11.1 Å². The van der Waals surface area contributed by atoms with E-state index in [0.29, 0.717) is 12.0 Å². The molecule has 1 atom stereocenters. The maximum absolute atomic E-state index is 4.70. The summed E-state index contributed by atoms with van der Waals surface area (Å²) in [5, 5.41) is 4.47. The minimum atomic E-state index is 0.467. The zero-order chi connectivity index (χ0) is 12.4. The fraction of sp³-hybridized carbons (Fsp3) is 0.500. The quantitative estimate of drug-likeness (QED) is 0.860. The summed E-state index contributed by atoms with van der Waals surface area (Å²) in [6.07, 6.45) is 0. The third kappa shape index (κ3) is 3.03. The van der Waals surface area contributed by atoms with Crippen molar-refractivity contribution in [3.8, 4) is 0 Å². The second-order valence-corrected chi connectivity index (χ2v) is 5.99. The topological polar surface area (TPSA) is 24.4 Å². The molecule has 17 heavy (non-hydrogen) atoms. The summed E-state index contributed by atoms with van der Waals surface area (Å²) in [5.41, 5.74) is 3.79. The van der Waals surface area contributed by atoms with Gasteiger partial charge in [0, 0.05) is 11.4 Å². The van der Waals surface area contributed by atoms with Crippen LogP contribution >= 0.6 is 11.8 Å². The Hall–Kier alpha value is -0.960. The van der Waals surface area contributed by atoms with Crippen LogP contribution in [0, 0.1) is 19.8 Å². The van der Waals surface area contributed by atoms with Gasteiger partial charge in [-0.1, -0.05) is 31.7 Å². The van der Waals surface area contributed by atoms with Crippen LogP contribution in [0.15, 0.2) is 23.2 Å². The van der Waals surface area contributed by atoms with Crippen molar-refractivity contribution >= 4 is 22.6 Å². The molecular weight excluding hydrogens is 228 g/mol. The second kappa shape index (κ2) is 5.13. The molecule has 0 aliphatic carbocycles. The van der Waals surface area contributed by atoms with Crippen molar-refractivity contribution in [2.75, 3.05) is 11.1 Å². The Balaban J connectivity index is 2.06. The van der Waals surface area contributed by atoms with E-state index in [1.807, 2.05) is 11.8 Å². The van der Waals surface area contributed by atoms with Gasteiger partial charge in [-0.05, 0) is 43.0 Å². The molecule has 0 amide bonds. The molecule has 0 aromatic heterocycles. The predicted molar refractivity (Wildman–Crippen MR) is 78.1 cm³/mol. The Kier molecular flexibility index (Phi) is 3.77. The number of amidine groups is 1. The van der Waals surface area contributed by atoms with Crippen molar-refractivity contribution in [2.24, 2.45) is 10.9 Å². The van der Waals surface area contributed by atoms with E-state index in [4.69, 9.17) is 4.99 Å². The first-order valence-electron chi connectivity index (χ1n) is 6.11. The van der Waals surface area contributed by atoms with Crippen molar-refractivity contribution in [1.82, 2.24) is 0 Å². The van der Waals surface area contributed by atoms with Crippen LogP contribution in [-0.4, -0.2) is 17.0 Å². The molecule has 0 saturated carbocycles. The van der Waals surface area contributed by atoms with Crippen molar-refractivity contribution < 1.29 is 0 Å². The molecule has 1 unspecified atom stereocenters. The maximum Gasteiger partial charge on any atom is 0.161 e. The van der Waals surface area contributed by atoms with Crippen LogP contribution in [0.2, 0.25) is 0 Å². The number of anilines is 1. The predicted octanol–water partition coefficient (Wildman–Crippen LogP) is 3.84. The minimum Gasteiger partial charge on any atom is -0.335 e. The summed E-state index contributed by atoms with van der Waals surface area (Å²) in [7, 11) is 0. The second-order valence-electron chi connectivity index (χ2n) is 4.98. The lowest BCUT2D eigenvalue weighted by Gasteiger charge is -2.08. The van der Waals surface area contributed by atoms with E-state index in [9.17, 15) is 0 Å². The molecule has 2 rings (SSSR count). The number of hydrogen-bond acceptors (Lipinski definition) is 3. The first-order chi connectivity index (χ1) is 8.06. The van der Waals surface area contributed by atoms with Crippen LogP contribution in [0.5, 0.6) is 0 Å². The number of benzene rings is 1. The van der Waals surface area contributed by atoms with E-state index in [0.717, 1.165) is 16.6 Å². The molecule has 1 aromatic rings. The molecule has 2 nitrogen and oxygen atoms in total. The Morgan fingerprint density at radius 3 is 2.65 bits per heavy atom. The lowest BCUT2D eigenvalue weighted by Crippen LogP contribution is -2.12. The number of aryl methyl sites for hydroxylation is 2. The van der Waals surface area contributed by atoms with Gasteiger partial charge in [-0.25, -0.2) is 0 Å². The Morgan fingerprint density at radius 2 is 2.06 bits per heavy atom. The number of aliphatic imine (C=N–C) groups is 1. The summed E-state index contributed by atoms with van der Waals surface area (Å²) in [6.45, 7) is 8.73. The normalized spacial score (nSPS) is 19.6. The fourth-order valence-electron chi connectivity index (χ4n) is 1.74. The average molecular weight is 248 g/mol. The maximum atomic E-state index is 4.70. The van der Waals surface area contributed by atoms with Crippen LogP contribution in [-0.2, 0) is 0 Å². The highest BCUT2D eigenvalue weighted by Crippen LogP contribution is 2.25. The fourth-order valence-corrected chi connectivity index (χ4v) is 2.93. The minimum absolute atomic E-state index is 0.467. The number of thioether (sulfide) groups is 1. The number of nitrogens with zero attached hydrogens (tertiary/aromatic N) is 1. The van der Waals surface area contributed by atoms with E-state index in [1.54, 1.807) is 0 Å². The van der Waals surface area contributed by atoms with Gasteiger partial charge in [-0.2, -0.15) is 0 Å². The third-order valence-electron chi connectivity index (χ3n) is 3.20. The monoisotopic (exact) mass is 248 g/mol. The van der Waals surface area contributed by atoms with Crippen LogP contribution in [0.1, 0.15) is 25.0 Å². The molecule has 1 N–H and O–H groups in total. The third-order valence-corrected chi connectivity index (χ3v) is 4.19. The van der Waals surface area contributed by atoms with Gasteiger partial charge in [-0.15, -0.1) is 0 Å². The van der Waals surface area contributed by atoms with Gasteiger partial charge in [0.1, 0.15) is 0 Å². The zero-order valence-electron chi connectivity index (χ0n) is 10.9. The lowest BCUT2D eigenvalue weighted by molar-refractivity contribution is 0.543. The van der Waals surface area contributed by atoms with Crippen LogP contribution in [0.25, 0.3) is 0 Å². The number of nitrogens with one attached hydrogen (secondary N) is 1. The molecule has 1 heterocycles. The highest BCUT2D eigenvalue weighted by molar-refractivity contribution is 8.14. The summed E-state index contributed by atoms with van der Waals surface area (Å²) in [4.78, 5) is 4.70. The van der Waals surface area contributed by atoms with Gasteiger partial charge in [0.15, 0.2) is 5.17 Å².